The zero-order valence-electron chi connectivity index (χ0n) is 6.14. The first-order chi connectivity index (χ1) is 5.27. The van der Waals surface area contributed by atoms with Crippen LogP contribution in [0.3, 0.4) is 0 Å². The Bertz CT molecular complexity index is 250. The van der Waals surface area contributed by atoms with E-state index < -0.39 is 0 Å². The van der Waals surface area contributed by atoms with Crippen LogP contribution in [0.1, 0.15) is 17.1 Å². The minimum absolute atomic E-state index is 0.765. The second-order valence-corrected chi connectivity index (χ2v) is 3.29. The maximum atomic E-state index is 4.32. The number of halogens is 2. The van der Waals surface area contributed by atoms with Crippen molar-refractivity contribution in [3.63, 3.8) is 0 Å². The predicted octanol–water partition coefficient (Wildman–Crippen LogP) is 2.57. The first-order valence-electron chi connectivity index (χ1n) is 3.21. The Labute approximate surface area is 82.7 Å². The molecule has 0 aromatic carbocycles. The molecule has 0 saturated carbocycles. The standard InChI is InChI=1S/C7H8Br2N2/c1-5-4-10-6(2-8)7(3-9)11-5/h4H,2-3H2,1H3. The first-order valence-corrected chi connectivity index (χ1v) is 5.45. The Hall–Kier alpha value is 0.0400. The van der Waals surface area contributed by atoms with Crippen molar-refractivity contribution in [1.29, 1.82) is 0 Å². The lowest BCUT2D eigenvalue weighted by atomic mass is 10.3. The lowest BCUT2D eigenvalue weighted by Crippen LogP contribution is -1.98. The molecule has 0 saturated heterocycles. The van der Waals surface area contributed by atoms with E-state index in [2.05, 4.69) is 41.8 Å². The van der Waals surface area contributed by atoms with Gasteiger partial charge in [0.05, 0.1) is 17.1 Å². The van der Waals surface area contributed by atoms with E-state index in [1.807, 2.05) is 6.92 Å². The van der Waals surface area contributed by atoms with Crippen LogP contribution in [0.5, 0.6) is 0 Å². The van der Waals surface area contributed by atoms with Crippen molar-refractivity contribution in [1.82, 2.24) is 9.97 Å². The average molecular weight is 280 g/mol. The van der Waals surface area contributed by atoms with Gasteiger partial charge in [-0.2, -0.15) is 0 Å². The highest BCUT2D eigenvalue weighted by Crippen LogP contribution is 2.10. The normalized spacial score (nSPS) is 10.1. The molecule has 0 amide bonds. The molecule has 0 atom stereocenters. The second-order valence-electron chi connectivity index (χ2n) is 2.17. The van der Waals surface area contributed by atoms with Crippen molar-refractivity contribution in [3.8, 4) is 0 Å². The van der Waals surface area contributed by atoms with E-state index in [1.165, 1.54) is 0 Å². The predicted molar refractivity (Wildman–Crippen MR) is 52.0 cm³/mol. The van der Waals surface area contributed by atoms with E-state index in [9.17, 15) is 0 Å². The van der Waals surface area contributed by atoms with Crippen molar-refractivity contribution in [2.75, 3.05) is 0 Å². The fraction of sp³-hybridized carbons (Fsp3) is 0.429. The number of alkyl halides is 2. The van der Waals surface area contributed by atoms with Gasteiger partial charge in [-0.15, -0.1) is 0 Å². The molecular weight excluding hydrogens is 272 g/mol. The molecule has 1 aromatic heterocycles. The smallest absolute Gasteiger partial charge is 0.0736 e. The Morgan fingerprint density at radius 1 is 1.27 bits per heavy atom. The van der Waals surface area contributed by atoms with E-state index in [4.69, 9.17) is 0 Å². The summed E-state index contributed by atoms with van der Waals surface area (Å²) in [6.07, 6.45) is 1.78. The van der Waals surface area contributed by atoms with Gasteiger partial charge in [0.25, 0.3) is 0 Å². The minimum Gasteiger partial charge on any atom is -0.257 e. The maximum absolute atomic E-state index is 4.32. The number of nitrogens with zero attached hydrogens (tertiary/aromatic N) is 2. The summed E-state index contributed by atoms with van der Waals surface area (Å²) in [5.74, 6) is 0. The second kappa shape index (κ2) is 4.16. The number of aromatic nitrogens is 2. The van der Waals surface area contributed by atoms with E-state index in [1.54, 1.807) is 6.20 Å². The van der Waals surface area contributed by atoms with Crippen molar-refractivity contribution in [2.45, 2.75) is 17.6 Å². The zero-order valence-corrected chi connectivity index (χ0v) is 9.31. The Morgan fingerprint density at radius 2 is 1.91 bits per heavy atom. The van der Waals surface area contributed by atoms with E-state index in [-0.39, 0.29) is 0 Å². The molecule has 2 nitrogen and oxygen atoms in total. The molecular formula is C7H8Br2N2. The average Bonchev–Trinajstić information content (AvgIpc) is 2.04. The lowest BCUT2D eigenvalue weighted by molar-refractivity contribution is 0.989. The summed E-state index contributed by atoms with van der Waals surface area (Å²) in [7, 11) is 0. The molecule has 0 aliphatic rings. The first kappa shape index (κ1) is 9.13. The quantitative estimate of drug-likeness (QED) is 0.778. The van der Waals surface area contributed by atoms with Crippen LogP contribution >= 0.6 is 31.9 Å². The van der Waals surface area contributed by atoms with Crippen LogP contribution in [0.2, 0.25) is 0 Å². The molecule has 1 aromatic rings. The van der Waals surface area contributed by atoms with Crippen molar-refractivity contribution in [2.24, 2.45) is 0 Å². The van der Waals surface area contributed by atoms with Crippen molar-refractivity contribution < 1.29 is 0 Å². The maximum Gasteiger partial charge on any atom is 0.0736 e. The number of hydrogen-bond acceptors (Lipinski definition) is 2. The highest BCUT2D eigenvalue weighted by Gasteiger charge is 2.02. The summed E-state index contributed by atoms with van der Waals surface area (Å²) in [6, 6.07) is 0. The summed E-state index contributed by atoms with van der Waals surface area (Å²) in [5, 5.41) is 1.53. The molecule has 0 radical (unpaired) electrons. The molecule has 0 spiro atoms. The molecule has 0 aliphatic carbocycles. The molecule has 0 aliphatic heterocycles. The minimum atomic E-state index is 0.765. The van der Waals surface area contributed by atoms with Gasteiger partial charge in [-0.3, -0.25) is 9.97 Å². The number of aryl methyl sites for hydroxylation is 1. The SMILES string of the molecule is Cc1cnc(CBr)c(CBr)n1. The van der Waals surface area contributed by atoms with Crippen LogP contribution in [-0.2, 0) is 10.7 Å². The van der Waals surface area contributed by atoms with E-state index >= 15 is 0 Å². The van der Waals surface area contributed by atoms with Crippen LogP contribution in [0.15, 0.2) is 6.20 Å². The molecule has 1 heterocycles. The fourth-order valence-corrected chi connectivity index (χ4v) is 1.69. The number of hydrogen-bond donors (Lipinski definition) is 0. The van der Waals surface area contributed by atoms with Crippen LogP contribution in [0.4, 0.5) is 0 Å². The molecule has 4 heteroatoms. The molecule has 60 valence electrons. The van der Waals surface area contributed by atoms with Gasteiger partial charge in [0.15, 0.2) is 0 Å². The lowest BCUT2D eigenvalue weighted by Gasteiger charge is -2.01. The summed E-state index contributed by atoms with van der Waals surface area (Å²) in [6.45, 7) is 1.94. The Morgan fingerprint density at radius 3 is 2.45 bits per heavy atom. The third kappa shape index (κ3) is 2.24. The van der Waals surface area contributed by atoms with Crippen molar-refractivity contribution in [3.05, 3.63) is 23.3 Å². The van der Waals surface area contributed by atoms with Crippen LogP contribution in [-0.4, -0.2) is 9.97 Å². The summed E-state index contributed by atoms with van der Waals surface area (Å²) >= 11 is 6.71. The van der Waals surface area contributed by atoms with E-state index in [0.29, 0.717) is 0 Å². The largest absolute Gasteiger partial charge is 0.257 e. The fourth-order valence-electron chi connectivity index (χ4n) is 0.771. The number of rotatable bonds is 2. The van der Waals surface area contributed by atoms with Gasteiger partial charge < -0.3 is 0 Å². The Kier molecular flexibility index (Phi) is 3.45. The Balaban J connectivity index is 3.06. The molecule has 0 bridgehead atoms. The summed E-state index contributed by atoms with van der Waals surface area (Å²) in [4.78, 5) is 8.55. The third-order valence-electron chi connectivity index (χ3n) is 1.30. The molecule has 0 N–H and O–H groups in total. The van der Waals surface area contributed by atoms with Gasteiger partial charge in [-0.05, 0) is 6.92 Å². The molecule has 1 rings (SSSR count). The monoisotopic (exact) mass is 278 g/mol. The topological polar surface area (TPSA) is 25.8 Å². The van der Waals surface area contributed by atoms with E-state index in [0.717, 1.165) is 27.7 Å². The van der Waals surface area contributed by atoms with Gasteiger partial charge in [0.2, 0.25) is 0 Å². The highest BCUT2D eigenvalue weighted by molar-refractivity contribution is 9.09. The van der Waals surface area contributed by atoms with Gasteiger partial charge in [-0.1, -0.05) is 31.9 Å². The van der Waals surface area contributed by atoms with Crippen LogP contribution < -0.4 is 0 Å². The van der Waals surface area contributed by atoms with Gasteiger partial charge in [-0.25, -0.2) is 0 Å². The molecule has 0 unspecified atom stereocenters. The van der Waals surface area contributed by atoms with Crippen LogP contribution in [0, 0.1) is 6.92 Å². The third-order valence-corrected chi connectivity index (χ3v) is 2.37. The molecule has 11 heavy (non-hydrogen) atoms. The molecule has 0 fully saturated rings. The zero-order chi connectivity index (χ0) is 8.27. The van der Waals surface area contributed by atoms with Gasteiger partial charge in [0, 0.05) is 16.9 Å². The summed E-state index contributed by atoms with van der Waals surface area (Å²) < 4.78 is 0. The highest BCUT2D eigenvalue weighted by atomic mass is 79.9. The van der Waals surface area contributed by atoms with Crippen molar-refractivity contribution >= 4 is 31.9 Å². The van der Waals surface area contributed by atoms with Crippen LogP contribution in [0.25, 0.3) is 0 Å². The van der Waals surface area contributed by atoms with Gasteiger partial charge >= 0.3 is 0 Å². The summed E-state index contributed by atoms with van der Waals surface area (Å²) in [5.41, 5.74) is 2.98. The van der Waals surface area contributed by atoms with Gasteiger partial charge in [0.1, 0.15) is 0 Å².